The first-order valence-corrected chi connectivity index (χ1v) is 28.6. The molecule has 0 spiro atoms. The van der Waals surface area contributed by atoms with Crippen LogP contribution < -0.4 is 45.8 Å². The molecule has 0 aliphatic carbocycles. The maximum Gasteiger partial charge on any atom is 0.434 e. The molecule has 0 saturated heterocycles. The second-order valence-corrected chi connectivity index (χ2v) is 20.5. The lowest BCUT2D eigenvalue weighted by Crippen LogP contribution is -2.25. The van der Waals surface area contributed by atoms with E-state index in [-0.39, 0.29) is 62.7 Å². The molecule has 93 heavy (non-hydrogen) atoms. The maximum atomic E-state index is 13.7. The lowest BCUT2D eigenvalue weighted by Gasteiger charge is -2.15. The predicted octanol–water partition coefficient (Wildman–Crippen LogP) is 14.8. The van der Waals surface area contributed by atoms with Crippen LogP contribution in [0.3, 0.4) is 0 Å². The molecule has 0 fully saturated rings. The maximum absolute atomic E-state index is 13.7. The largest absolute Gasteiger partial charge is 0.484 e. The Morgan fingerprint density at radius 1 is 0.441 bits per heavy atom. The zero-order valence-electron chi connectivity index (χ0n) is 46.7. The Balaban J connectivity index is 0.000000215. The molecule has 6 aromatic heterocycles. The number of alkyl halides is 20. The summed E-state index contributed by atoms with van der Waals surface area (Å²) in [6.45, 7) is -5.93. The van der Waals surface area contributed by atoms with Gasteiger partial charge >= 0.3 is 37.1 Å². The van der Waals surface area contributed by atoms with Crippen molar-refractivity contribution in [2.75, 3.05) is 50.3 Å². The van der Waals surface area contributed by atoms with Crippen LogP contribution >= 0.6 is 35.1 Å². The number of nitrogens with zero attached hydrogens (tertiary/aromatic N) is 5. The summed E-state index contributed by atoms with van der Waals surface area (Å²) in [6, 6.07) is 19.0. The summed E-state index contributed by atoms with van der Waals surface area (Å²) in [4.78, 5) is 58.7. The van der Waals surface area contributed by atoms with Gasteiger partial charge in [-0.3, -0.25) is 32.4 Å². The molecule has 0 bridgehead atoms. The predicted molar refractivity (Wildman–Crippen MR) is 303 cm³/mol. The van der Waals surface area contributed by atoms with Gasteiger partial charge in [-0.25, -0.2) is 14.4 Å². The number of aromatic amines is 1. The fourth-order valence-corrected chi connectivity index (χ4v) is 8.09. The molecule has 0 aliphatic rings. The Hall–Kier alpha value is -8.80. The van der Waals surface area contributed by atoms with Gasteiger partial charge in [-0.1, -0.05) is 36.4 Å². The first-order valence-electron chi connectivity index (χ1n) is 25.2. The number of hydrogen-bond acceptors (Lipinski definition) is 13. The number of thioether (sulfide) groups is 2. The van der Waals surface area contributed by atoms with Gasteiger partial charge in [-0.05, 0) is 77.7 Å². The first kappa shape index (κ1) is 73.3. The number of fused-ring (bicyclic) bond motifs is 3. The molecule has 3 aromatic carbocycles. The minimum atomic E-state index is -5.02. The molecule has 500 valence electrons. The first-order chi connectivity index (χ1) is 43.4. The topological polar surface area (TPSA) is 169 Å². The third kappa shape index (κ3) is 20.3. The highest BCUT2D eigenvalue weighted by molar-refractivity contribution is 7.99. The van der Waals surface area contributed by atoms with Crippen LogP contribution in [0.4, 0.5) is 83.4 Å². The average molecular weight is 1400 g/mol. The summed E-state index contributed by atoms with van der Waals surface area (Å²) in [7, 11) is 0. The summed E-state index contributed by atoms with van der Waals surface area (Å²) in [6.07, 6.45) is -21.6. The molecule has 0 atom stereocenters. The Labute approximate surface area is 521 Å². The van der Waals surface area contributed by atoms with Gasteiger partial charge in [0.25, 0.3) is 16.7 Å². The van der Waals surface area contributed by atoms with Crippen molar-refractivity contribution in [3.05, 3.63) is 186 Å². The van der Waals surface area contributed by atoms with E-state index in [1.54, 1.807) is 18.0 Å². The van der Waals surface area contributed by atoms with E-state index < -0.39 is 125 Å². The number of halogens is 20. The summed E-state index contributed by atoms with van der Waals surface area (Å²) in [5.74, 6) is -0.307. The van der Waals surface area contributed by atoms with Crippen LogP contribution in [0.2, 0.25) is 0 Å². The van der Waals surface area contributed by atoms with Crippen LogP contribution in [0.1, 0.15) is 17.1 Å². The molecule has 37 heteroatoms. The molecule has 15 nitrogen and oxygen atoms in total. The van der Waals surface area contributed by atoms with Gasteiger partial charge in [0.05, 0.1) is 21.9 Å². The van der Waals surface area contributed by atoms with Gasteiger partial charge in [0.15, 0.2) is 36.6 Å². The molecular formula is C56H40ClF19N6O9S2. The van der Waals surface area contributed by atoms with Crippen molar-refractivity contribution >= 4 is 52.1 Å². The van der Waals surface area contributed by atoms with Gasteiger partial charge in [0.2, 0.25) is 6.86 Å². The number of H-pyrrole nitrogens is 1. The third-order valence-electron chi connectivity index (χ3n) is 11.6. The Morgan fingerprint density at radius 2 is 0.796 bits per heavy atom. The van der Waals surface area contributed by atoms with Gasteiger partial charge in [0.1, 0.15) is 57.3 Å². The fraction of sp³-hybridized carbons (Fsp3) is 0.250. The van der Waals surface area contributed by atoms with Crippen LogP contribution in [-0.4, -0.2) is 97.0 Å². The molecule has 0 amide bonds. The normalized spacial score (nSPS) is 12.1. The number of benzene rings is 3. The summed E-state index contributed by atoms with van der Waals surface area (Å²) >= 11 is 8.13. The van der Waals surface area contributed by atoms with Crippen molar-refractivity contribution < 1.29 is 107 Å². The molecule has 9 aromatic rings. The van der Waals surface area contributed by atoms with Crippen molar-refractivity contribution in [1.82, 2.24) is 28.2 Å². The Bertz CT molecular complexity index is 4270. The summed E-state index contributed by atoms with van der Waals surface area (Å²) in [5.41, 5.74) is -11.9. The number of aromatic nitrogens is 6. The Morgan fingerprint density at radius 3 is 1.13 bits per heavy atom. The third-order valence-corrected chi connectivity index (χ3v) is 12.8. The summed E-state index contributed by atoms with van der Waals surface area (Å²) in [5, 5.41) is 0.708. The molecule has 0 saturated carbocycles. The van der Waals surface area contributed by atoms with Gasteiger partial charge in [-0.15, -0.1) is 35.1 Å². The van der Waals surface area contributed by atoms with Gasteiger partial charge < -0.3 is 28.7 Å². The molecule has 6 heterocycles. The lowest BCUT2D eigenvalue weighted by atomic mass is 10.0. The van der Waals surface area contributed by atoms with Crippen molar-refractivity contribution in [3.63, 3.8) is 0 Å². The van der Waals surface area contributed by atoms with E-state index in [2.05, 4.69) is 28.9 Å². The summed E-state index contributed by atoms with van der Waals surface area (Å²) < 4.78 is 270. The smallest absolute Gasteiger partial charge is 0.434 e. The molecular weight excluding hydrogens is 1360 g/mol. The van der Waals surface area contributed by atoms with E-state index in [0.717, 1.165) is 117 Å². The number of hydrogen-bond donors (Lipinski definition) is 1. The van der Waals surface area contributed by atoms with Crippen LogP contribution in [0, 0.1) is 0 Å². The van der Waals surface area contributed by atoms with Gasteiger partial charge in [-0.2, -0.15) is 79.0 Å². The zero-order valence-corrected chi connectivity index (χ0v) is 49.0. The highest BCUT2D eigenvalue weighted by Crippen LogP contribution is 2.38. The monoisotopic (exact) mass is 1400 g/mol. The number of nitrogens with one attached hydrogen (secondary N) is 1. The number of ether oxygens (including phenoxy) is 5. The Kier molecular flexibility index (Phi) is 23.9. The molecule has 1 N–H and O–H groups in total. The van der Waals surface area contributed by atoms with E-state index in [0.29, 0.717) is 5.21 Å². The number of pyridine rings is 3. The molecule has 0 aliphatic heterocycles. The molecule has 0 radical (unpaired) electrons. The fourth-order valence-electron chi connectivity index (χ4n) is 7.84. The van der Waals surface area contributed by atoms with Crippen LogP contribution in [0.15, 0.2) is 147 Å². The van der Waals surface area contributed by atoms with Crippen LogP contribution in [-0.2, 0) is 18.5 Å². The minimum absolute atomic E-state index is 0.128. The minimum Gasteiger partial charge on any atom is -0.484 e. The SMILES string of the molecule is CSCCl.CSCOc1ccn2c(=O)c(-c3ccc(OCC(F)(F)F)cc3)c(C(F)(F)F)nc2c1.O=c1c(-c2ccc(OCC(F)(F)F)cc2)c(C(F)(F)F)nc2cc(OCF)ccn12.O=c1ccn2c(=O)c(-c3ccc(OCC(F)(F)F)cc3)c(C(F)(F)F)[nH]c2c1. The molecule has 0 unspecified atom stereocenters. The van der Waals surface area contributed by atoms with E-state index >= 15 is 0 Å². The average Bonchev–Trinajstić information content (AvgIpc) is 0.783. The van der Waals surface area contributed by atoms with Crippen molar-refractivity contribution in [2.45, 2.75) is 37.1 Å². The van der Waals surface area contributed by atoms with Crippen molar-refractivity contribution in [1.29, 1.82) is 0 Å². The van der Waals surface area contributed by atoms with E-state index in [9.17, 15) is 103 Å². The van der Waals surface area contributed by atoms with Gasteiger partial charge in [0, 0.05) is 42.9 Å². The van der Waals surface area contributed by atoms with E-state index in [1.165, 1.54) is 36.2 Å². The zero-order chi connectivity index (χ0) is 69.0. The molecule has 9 rings (SSSR count). The van der Waals surface area contributed by atoms with E-state index in [4.69, 9.17) is 16.3 Å². The second kappa shape index (κ2) is 30.3. The van der Waals surface area contributed by atoms with Crippen molar-refractivity contribution in [3.8, 4) is 62.1 Å². The van der Waals surface area contributed by atoms with Crippen LogP contribution in [0.25, 0.3) is 50.3 Å². The number of rotatable bonds is 15. The quantitative estimate of drug-likeness (QED) is 0.0585. The van der Waals surface area contributed by atoms with Crippen LogP contribution in [0.5, 0.6) is 28.7 Å². The second-order valence-electron chi connectivity index (χ2n) is 18.2. The standard InChI is InChI=1S/C19H14F6N2O3S.C18H11F7N2O3.C17H10F6N2O3.C2H5ClS/c1-31-10-30-13-6-7-27-14(8-13)26-16(19(23,24)25)15(17(27)28)11-2-4-12(5-3-11)29-9-18(20,21)22;19-9-30-12-5-6-27-13(7-12)26-15(18(23,24)25)14(16(27)28)10-1-3-11(4-2-10)29-8-17(20,21)22;18-16(19,20)8-28-11-3-1-9(2-4-11)13-14(17(21,22)23)24-12-7-10(26)5-6-25(12)15(13)27;1-4-2-3/h2-8H,9-10H2,1H3;1-7H,8-9H2;1-7,24H,8H2;2H2,1H3. The highest BCUT2D eigenvalue weighted by atomic mass is 35.5. The van der Waals surface area contributed by atoms with E-state index in [1.807, 2.05) is 11.2 Å². The van der Waals surface area contributed by atoms with Crippen molar-refractivity contribution in [2.24, 2.45) is 0 Å². The highest BCUT2D eigenvalue weighted by Gasteiger charge is 2.41. The lowest BCUT2D eigenvalue weighted by molar-refractivity contribution is -0.154.